The minimum absolute atomic E-state index is 0.0659. The summed E-state index contributed by atoms with van der Waals surface area (Å²) in [5, 5.41) is 2.37. The van der Waals surface area contributed by atoms with E-state index in [1.807, 2.05) is 0 Å². The Hall–Kier alpha value is -2.27. The van der Waals surface area contributed by atoms with Crippen molar-refractivity contribution in [3.63, 3.8) is 0 Å². The molecule has 0 aliphatic rings. The van der Waals surface area contributed by atoms with Gasteiger partial charge in [-0.25, -0.2) is 8.78 Å². The number of benzene rings is 2. The van der Waals surface area contributed by atoms with Gasteiger partial charge in [-0.3, -0.25) is 4.79 Å². The summed E-state index contributed by atoms with van der Waals surface area (Å²) >= 11 is 11.6. The van der Waals surface area contributed by atoms with Crippen LogP contribution in [0.5, 0.6) is 5.75 Å². The highest BCUT2D eigenvalue weighted by atomic mass is 35.5. The van der Waals surface area contributed by atoms with E-state index in [1.165, 1.54) is 30.3 Å². The van der Waals surface area contributed by atoms with Crippen LogP contribution in [0.15, 0.2) is 42.5 Å². The second-order valence-corrected chi connectivity index (χ2v) is 6.91. The van der Waals surface area contributed by atoms with Crippen molar-refractivity contribution in [1.82, 2.24) is 0 Å². The van der Waals surface area contributed by atoms with Crippen molar-refractivity contribution < 1.29 is 44.7 Å². The van der Waals surface area contributed by atoms with Gasteiger partial charge in [0.15, 0.2) is 6.61 Å². The molecule has 1 N–H and O–H groups in total. The van der Waals surface area contributed by atoms with Gasteiger partial charge in [0.2, 0.25) is 0 Å². The number of para-hydroxylation sites is 2. The van der Waals surface area contributed by atoms with E-state index in [0.29, 0.717) is 0 Å². The number of alkyl halides is 8. The van der Waals surface area contributed by atoms with Crippen LogP contribution in [0, 0.1) is 0 Å². The van der Waals surface area contributed by atoms with Crippen LogP contribution in [0.1, 0.15) is 10.4 Å². The molecule has 13 heteroatoms. The summed E-state index contributed by atoms with van der Waals surface area (Å²) in [4.78, 5) is 12.3. The Kier molecular flexibility index (Phi) is 7.32. The molecule has 0 radical (unpaired) electrons. The highest BCUT2D eigenvalue weighted by Crippen LogP contribution is 2.48. The topological polar surface area (TPSA) is 38.3 Å². The summed E-state index contributed by atoms with van der Waals surface area (Å²) in [6.45, 7) is -2.38. The lowest BCUT2D eigenvalue weighted by Gasteiger charge is -2.32. The molecule has 0 saturated heterocycles. The summed E-state index contributed by atoms with van der Waals surface area (Å²) in [6, 6.07) is 8.40. The molecule has 0 unspecified atom stereocenters. The molecule has 0 spiro atoms. The fourth-order valence-corrected chi connectivity index (χ4v) is 2.69. The summed E-state index contributed by atoms with van der Waals surface area (Å²) in [5.41, 5.74) is -0.396. The van der Waals surface area contributed by atoms with Gasteiger partial charge >= 0.3 is 24.2 Å². The Morgan fingerprint density at radius 1 is 1.00 bits per heavy atom. The molecule has 0 aliphatic carbocycles. The summed E-state index contributed by atoms with van der Waals surface area (Å²) in [7, 11) is 0. The third-order valence-corrected chi connectivity index (χ3v) is 4.42. The van der Waals surface area contributed by atoms with Crippen molar-refractivity contribution in [3.8, 4) is 5.75 Å². The fourth-order valence-electron chi connectivity index (χ4n) is 2.20. The van der Waals surface area contributed by atoms with Gasteiger partial charge in [-0.2, -0.15) is 26.3 Å². The highest BCUT2D eigenvalue weighted by molar-refractivity contribution is 6.37. The molecule has 170 valence electrons. The lowest BCUT2D eigenvalue weighted by Crippen LogP contribution is -2.59. The first-order chi connectivity index (χ1) is 14.2. The molecular formula is C18H11Cl2F8NO2. The van der Waals surface area contributed by atoms with Crippen LogP contribution in [-0.2, 0) is 0 Å². The average molecular weight is 496 g/mol. The van der Waals surface area contributed by atoms with E-state index in [9.17, 15) is 39.9 Å². The lowest BCUT2D eigenvalue weighted by molar-refractivity contribution is -0.342. The molecule has 0 bridgehead atoms. The van der Waals surface area contributed by atoms with Crippen molar-refractivity contribution in [2.24, 2.45) is 0 Å². The molecule has 0 aromatic heterocycles. The number of halogens is 10. The quantitative estimate of drug-likeness (QED) is 0.409. The first-order valence-corrected chi connectivity index (χ1v) is 8.86. The first-order valence-electron chi connectivity index (χ1n) is 8.10. The van der Waals surface area contributed by atoms with Crippen LogP contribution in [-0.4, -0.2) is 36.7 Å². The third-order valence-electron chi connectivity index (χ3n) is 3.87. The van der Waals surface area contributed by atoms with E-state index < -0.39 is 42.5 Å². The molecule has 2 aromatic carbocycles. The van der Waals surface area contributed by atoms with Gasteiger partial charge in [0.1, 0.15) is 5.75 Å². The number of rotatable bonds is 8. The van der Waals surface area contributed by atoms with Gasteiger partial charge in [0, 0.05) is 5.02 Å². The van der Waals surface area contributed by atoms with Crippen LogP contribution >= 0.6 is 23.2 Å². The maximum Gasteiger partial charge on any atom is 0.381 e. The van der Waals surface area contributed by atoms with Gasteiger partial charge in [-0.1, -0.05) is 35.3 Å². The van der Waals surface area contributed by atoms with E-state index in [0.717, 1.165) is 12.1 Å². The molecule has 0 heterocycles. The maximum atomic E-state index is 13.7. The zero-order valence-electron chi connectivity index (χ0n) is 14.9. The van der Waals surface area contributed by atoms with Crippen LogP contribution < -0.4 is 10.1 Å². The Morgan fingerprint density at radius 3 is 2.19 bits per heavy atom. The number of anilines is 1. The number of hydrogen-bond acceptors (Lipinski definition) is 2. The number of nitrogens with one attached hydrogen (secondary N) is 1. The van der Waals surface area contributed by atoms with Gasteiger partial charge in [0.25, 0.3) is 5.91 Å². The molecule has 0 fully saturated rings. The molecule has 1 amide bonds. The van der Waals surface area contributed by atoms with Crippen molar-refractivity contribution in [3.05, 3.63) is 58.1 Å². The molecule has 2 aromatic rings. The number of carbonyl (C=O) groups excluding carboxylic acids is 1. The SMILES string of the molecule is O=C(Nc1ccccc1OCC(F)(F)C(F)(F)C(F)(F)C(F)F)c1ccc(Cl)cc1Cl. The second kappa shape index (κ2) is 9.07. The number of carbonyl (C=O) groups is 1. The molecule has 0 saturated carbocycles. The predicted molar refractivity (Wildman–Crippen MR) is 97.2 cm³/mol. The van der Waals surface area contributed by atoms with E-state index in [1.54, 1.807) is 0 Å². The smallest absolute Gasteiger partial charge is 0.381 e. The standard InChI is InChI=1S/C18H11Cl2F8NO2/c19-9-5-6-10(11(20)7-9)14(30)29-12-3-1-2-4-13(12)31-8-16(23,24)18(27,28)17(25,26)15(21)22/h1-7,15H,8H2,(H,29,30). The Bertz CT molecular complexity index is 956. The zero-order valence-corrected chi connectivity index (χ0v) is 16.4. The second-order valence-electron chi connectivity index (χ2n) is 6.07. The molecule has 31 heavy (non-hydrogen) atoms. The van der Waals surface area contributed by atoms with E-state index >= 15 is 0 Å². The highest BCUT2D eigenvalue weighted by Gasteiger charge is 2.75. The first kappa shape index (κ1) is 25.0. The molecule has 3 nitrogen and oxygen atoms in total. The Morgan fingerprint density at radius 2 is 1.61 bits per heavy atom. The summed E-state index contributed by atoms with van der Waals surface area (Å²) in [5.74, 6) is -19.9. The van der Waals surface area contributed by atoms with Crippen LogP contribution in [0.25, 0.3) is 0 Å². The zero-order chi connectivity index (χ0) is 23.6. The molecule has 0 aliphatic heterocycles. The van der Waals surface area contributed by atoms with Gasteiger partial charge in [-0.05, 0) is 30.3 Å². The average Bonchev–Trinajstić information content (AvgIpc) is 2.66. The van der Waals surface area contributed by atoms with Crippen molar-refractivity contribution in [2.45, 2.75) is 24.2 Å². The minimum Gasteiger partial charge on any atom is -0.485 e. The van der Waals surface area contributed by atoms with Crippen molar-refractivity contribution in [2.75, 3.05) is 11.9 Å². The van der Waals surface area contributed by atoms with Gasteiger partial charge < -0.3 is 10.1 Å². The van der Waals surface area contributed by atoms with Crippen LogP contribution in [0.2, 0.25) is 10.0 Å². The number of amides is 1. The third kappa shape index (κ3) is 5.15. The van der Waals surface area contributed by atoms with Gasteiger partial charge in [0.05, 0.1) is 16.3 Å². The van der Waals surface area contributed by atoms with E-state index in [2.05, 4.69) is 10.1 Å². The Balaban J connectivity index is 2.22. The summed E-state index contributed by atoms with van der Waals surface area (Å²) in [6.07, 6.45) is -5.04. The minimum atomic E-state index is -6.41. The van der Waals surface area contributed by atoms with Crippen molar-refractivity contribution in [1.29, 1.82) is 0 Å². The predicted octanol–water partition coefficient (Wildman–Crippen LogP) is 6.80. The molecule has 2 rings (SSSR count). The summed E-state index contributed by atoms with van der Waals surface area (Å²) < 4.78 is 109. The number of ether oxygens (including phenoxy) is 1. The Labute approximate surface area is 179 Å². The van der Waals surface area contributed by atoms with Crippen LogP contribution in [0.3, 0.4) is 0 Å². The van der Waals surface area contributed by atoms with Gasteiger partial charge in [-0.15, -0.1) is 0 Å². The molecular weight excluding hydrogens is 485 g/mol. The van der Waals surface area contributed by atoms with E-state index in [-0.39, 0.29) is 21.3 Å². The van der Waals surface area contributed by atoms with Crippen LogP contribution in [0.4, 0.5) is 40.8 Å². The lowest BCUT2D eigenvalue weighted by atomic mass is 10.1. The fraction of sp³-hybridized carbons (Fsp3) is 0.278. The largest absolute Gasteiger partial charge is 0.485 e. The van der Waals surface area contributed by atoms with E-state index in [4.69, 9.17) is 23.2 Å². The maximum absolute atomic E-state index is 13.7. The van der Waals surface area contributed by atoms with Crippen molar-refractivity contribution >= 4 is 34.8 Å². The monoisotopic (exact) mass is 495 g/mol. The molecule has 0 atom stereocenters. The number of hydrogen-bond donors (Lipinski definition) is 1. The normalized spacial score (nSPS) is 12.7.